The van der Waals surface area contributed by atoms with Gasteiger partial charge in [-0.15, -0.1) is 23.1 Å². The lowest BCUT2D eigenvalue weighted by Crippen LogP contribution is -2.39. The van der Waals surface area contributed by atoms with Crippen molar-refractivity contribution >= 4 is 35.0 Å². The van der Waals surface area contributed by atoms with Crippen LogP contribution in [-0.4, -0.2) is 28.8 Å². The van der Waals surface area contributed by atoms with E-state index in [1.165, 1.54) is 23.6 Å². The molecule has 6 heteroatoms. The van der Waals surface area contributed by atoms with Crippen LogP contribution in [0, 0.1) is 0 Å². The Kier molecular flexibility index (Phi) is 5.34. The van der Waals surface area contributed by atoms with Crippen molar-refractivity contribution in [1.82, 2.24) is 5.32 Å². The summed E-state index contributed by atoms with van der Waals surface area (Å²) in [6.07, 6.45) is 0. The van der Waals surface area contributed by atoms with E-state index in [0.717, 1.165) is 5.75 Å². The number of rotatable bonds is 6. The molecule has 4 nitrogen and oxygen atoms in total. The first-order chi connectivity index (χ1) is 7.59. The van der Waals surface area contributed by atoms with Crippen LogP contribution in [0.5, 0.6) is 0 Å². The maximum absolute atomic E-state index is 11.3. The maximum Gasteiger partial charge on any atom is 0.325 e. The zero-order valence-corrected chi connectivity index (χ0v) is 10.4. The quantitative estimate of drug-likeness (QED) is 0.814. The highest BCUT2D eigenvalue weighted by molar-refractivity contribution is 7.99. The fourth-order valence-corrected chi connectivity index (χ4v) is 2.66. The molecule has 0 saturated carbocycles. The zero-order chi connectivity index (χ0) is 12.0. The van der Waals surface area contributed by atoms with E-state index < -0.39 is 12.0 Å². The van der Waals surface area contributed by atoms with Crippen LogP contribution < -0.4 is 5.32 Å². The van der Waals surface area contributed by atoms with Gasteiger partial charge in [0.1, 0.15) is 6.04 Å². The highest BCUT2D eigenvalue weighted by atomic mass is 32.2. The SMILES string of the molecule is C[C@H](NC(=O)CSCc1cccs1)C(=O)O. The van der Waals surface area contributed by atoms with E-state index in [1.54, 1.807) is 11.3 Å². The van der Waals surface area contributed by atoms with Crippen molar-refractivity contribution in [3.05, 3.63) is 22.4 Å². The van der Waals surface area contributed by atoms with Crippen LogP contribution in [-0.2, 0) is 15.3 Å². The van der Waals surface area contributed by atoms with Crippen molar-refractivity contribution < 1.29 is 14.7 Å². The summed E-state index contributed by atoms with van der Waals surface area (Å²) >= 11 is 3.12. The number of thiophene rings is 1. The fourth-order valence-electron chi connectivity index (χ4n) is 0.984. The lowest BCUT2D eigenvalue weighted by atomic mass is 10.3. The number of nitrogens with one attached hydrogen (secondary N) is 1. The van der Waals surface area contributed by atoms with Gasteiger partial charge in [0.05, 0.1) is 5.75 Å². The molecule has 16 heavy (non-hydrogen) atoms. The summed E-state index contributed by atoms with van der Waals surface area (Å²) in [4.78, 5) is 23.0. The molecule has 1 rings (SSSR count). The number of aliphatic carboxylic acids is 1. The number of hydrogen-bond acceptors (Lipinski definition) is 4. The number of carbonyl (C=O) groups is 2. The van der Waals surface area contributed by atoms with Gasteiger partial charge in [-0.2, -0.15) is 0 Å². The van der Waals surface area contributed by atoms with Crippen molar-refractivity contribution in [3.8, 4) is 0 Å². The molecular formula is C10H13NO3S2. The second-order valence-corrected chi connectivity index (χ2v) is 5.22. The van der Waals surface area contributed by atoms with E-state index in [9.17, 15) is 9.59 Å². The van der Waals surface area contributed by atoms with Gasteiger partial charge in [-0.05, 0) is 18.4 Å². The Morgan fingerprint density at radius 1 is 1.62 bits per heavy atom. The Bertz CT molecular complexity index is 351. The summed E-state index contributed by atoms with van der Waals surface area (Å²) in [5.41, 5.74) is 0. The molecule has 0 bridgehead atoms. The fraction of sp³-hybridized carbons (Fsp3) is 0.400. The molecule has 1 aromatic rings. The lowest BCUT2D eigenvalue weighted by molar-refractivity contribution is -0.140. The van der Waals surface area contributed by atoms with Crippen molar-refractivity contribution in [3.63, 3.8) is 0 Å². The Labute approximate surface area is 102 Å². The predicted molar refractivity (Wildman–Crippen MR) is 65.7 cm³/mol. The summed E-state index contributed by atoms with van der Waals surface area (Å²) in [5.74, 6) is -0.185. The largest absolute Gasteiger partial charge is 0.480 e. The lowest BCUT2D eigenvalue weighted by Gasteiger charge is -2.08. The van der Waals surface area contributed by atoms with Crippen molar-refractivity contribution in [2.75, 3.05) is 5.75 Å². The van der Waals surface area contributed by atoms with Crippen LogP contribution in [0.4, 0.5) is 0 Å². The molecule has 0 spiro atoms. The predicted octanol–water partition coefficient (Wildman–Crippen LogP) is 1.57. The van der Waals surface area contributed by atoms with E-state index in [1.807, 2.05) is 17.5 Å². The first-order valence-electron chi connectivity index (χ1n) is 4.72. The molecule has 0 aliphatic rings. The number of carboxylic acids is 1. The average molecular weight is 259 g/mol. The molecule has 2 N–H and O–H groups in total. The number of thioether (sulfide) groups is 1. The minimum absolute atomic E-state index is 0.239. The second kappa shape index (κ2) is 6.55. The number of amides is 1. The molecule has 0 saturated heterocycles. The van der Waals surface area contributed by atoms with Gasteiger partial charge in [0.25, 0.3) is 0 Å². The zero-order valence-electron chi connectivity index (χ0n) is 8.80. The highest BCUT2D eigenvalue weighted by Crippen LogP contribution is 2.16. The van der Waals surface area contributed by atoms with E-state index in [0.29, 0.717) is 0 Å². The van der Waals surface area contributed by atoms with Crippen LogP contribution in [0.3, 0.4) is 0 Å². The first kappa shape index (κ1) is 13.1. The van der Waals surface area contributed by atoms with Crippen molar-refractivity contribution in [1.29, 1.82) is 0 Å². The molecule has 0 fully saturated rings. The second-order valence-electron chi connectivity index (χ2n) is 3.20. The topological polar surface area (TPSA) is 66.4 Å². The summed E-state index contributed by atoms with van der Waals surface area (Å²) in [6, 6.07) is 3.15. The van der Waals surface area contributed by atoms with Gasteiger partial charge in [0.15, 0.2) is 0 Å². The third-order valence-corrected chi connectivity index (χ3v) is 3.85. The Hall–Kier alpha value is -1.01. The van der Waals surface area contributed by atoms with Gasteiger partial charge in [-0.3, -0.25) is 9.59 Å². The summed E-state index contributed by atoms with van der Waals surface area (Å²) < 4.78 is 0. The van der Waals surface area contributed by atoms with E-state index in [4.69, 9.17) is 5.11 Å². The molecule has 1 heterocycles. The Balaban J connectivity index is 2.18. The van der Waals surface area contributed by atoms with Crippen LogP contribution in [0.25, 0.3) is 0 Å². The van der Waals surface area contributed by atoms with Gasteiger partial charge in [0, 0.05) is 10.6 Å². The first-order valence-corrected chi connectivity index (χ1v) is 6.75. The van der Waals surface area contributed by atoms with E-state index >= 15 is 0 Å². The molecule has 0 aliphatic heterocycles. The monoisotopic (exact) mass is 259 g/mol. The molecule has 0 aromatic carbocycles. The van der Waals surface area contributed by atoms with Gasteiger partial charge in [0.2, 0.25) is 5.91 Å². The summed E-state index contributed by atoms with van der Waals surface area (Å²) in [7, 11) is 0. The van der Waals surface area contributed by atoms with Gasteiger partial charge in [-0.1, -0.05) is 6.07 Å². The third-order valence-electron chi connectivity index (χ3n) is 1.81. The maximum atomic E-state index is 11.3. The van der Waals surface area contributed by atoms with Crippen LogP contribution >= 0.6 is 23.1 Å². The van der Waals surface area contributed by atoms with Gasteiger partial charge in [-0.25, -0.2) is 0 Å². The average Bonchev–Trinajstić information content (AvgIpc) is 2.70. The van der Waals surface area contributed by atoms with Crippen LogP contribution in [0.1, 0.15) is 11.8 Å². The van der Waals surface area contributed by atoms with E-state index in [2.05, 4.69) is 5.32 Å². The van der Waals surface area contributed by atoms with Crippen LogP contribution in [0.2, 0.25) is 0 Å². The number of carbonyl (C=O) groups excluding carboxylic acids is 1. The Morgan fingerprint density at radius 3 is 2.94 bits per heavy atom. The molecular weight excluding hydrogens is 246 g/mol. The van der Waals surface area contributed by atoms with Crippen molar-refractivity contribution in [2.24, 2.45) is 0 Å². The minimum atomic E-state index is -1.02. The number of hydrogen-bond donors (Lipinski definition) is 2. The van der Waals surface area contributed by atoms with Gasteiger partial charge >= 0.3 is 5.97 Å². The third kappa shape index (κ3) is 4.67. The summed E-state index contributed by atoms with van der Waals surface area (Å²) in [5, 5.41) is 13.0. The molecule has 1 amide bonds. The van der Waals surface area contributed by atoms with Gasteiger partial charge < -0.3 is 10.4 Å². The standard InChI is InChI=1S/C10H13NO3S2/c1-7(10(13)14)11-9(12)6-15-5-8-3-2-4-16-8/h2-4,7H,5-6H2,1H3,(H,11,12)(H,13,14)/t7-/m0/s1. The number of carboxylic acid groups (broad SMARTS) is 1. The Morgan fingerprint density at radius 2 is 2.38 bits per heavy atom. The van der Waals surface area contributed by atoms with Crippen LogP contribution in [0.15, 0.2) is 17.5 Å². The highest BCUT2D eigenvalue weighted by Gasteiger charge is 2.13. The smallest absolute Gasteiger partial charge is 0.325 e. The summed E-state index contributed by atoms with van der Waals surface area (Å²) in [6.45, 7) is 1.45. The molecule has 1 atom stereocenters. The molecule has 88 valence electrons. The molecule has 0 unspecified atom stereocenters. The molecule has 0 aliphatic carbocycles. The molecule has 1 aromatic heterocycles. The normalized spacial score (nSPS) is 12.1. The molecule has 0 radical (unpaired) electrons. The minimum Gasteiger partial charge on any atom is -0.480 e. The van der Waals surface area contributed by atoms with E-state index in [-0.39, 0.29) is 11.7 Å². The van der Waals surface area contributed by atoms with Crippen molar-refractivity contribution in [2.45, 2.75) is 18.7 Å².